The minimum Gasteiger partial charge on any atom is -0.465 e. The van der Waals surface area contributed by atoms with E-state index in [2.05, 4.69) is 9.72 Å². The highest BCUT2D eigenvalue weighted by Crippen LogP contribution is 2.24. The van der Waals surface area contributed by atoms with E-state index in [1.54, 1.807) is 12.1 Å². The molecule has 0 aliphatic carbocycles. The highest BCUT2D eigenvalue weighted by atomic mass is 16.5. The van der Waals surface area contributed by atoms with Crippen LogP contribution in [0.5, 0.6) is 0 Å². The molecule has 0 atom stereocenters. The largest absolute Gasteiger partial charge is 0.465 e. The van der Waals surface area contributed by atoms with E-state index >= 15 is 0 Å². The molecule has 0 saturated carbocycles. The fourth-order valence-electron chi connectivity index (χ4n) is 2.08. The van der Waals surface area contributed by atoms with Crippen LogP contribution in [0.3, 0.4) is 0 Å². The molecule has 0 aliphatic rings. The fraction of sp³-hybridized carbons (Fsp3) is 0.188. The van der Waals surface area contributed by atoms with E-state index in [1.807, 2.05) is 19.1 Å². The molecule has 0 amide bonds. The van der Waals surface area contributed by atoms with Gasteiger partial charge < -0.3 is 14.5 Å². The monoisotopic (exact) mass is 301 g/mol. The van der Waals surface area contributed by atoms with E-state index in [0.717, 1.165) is 11.6 Å². The third-order valence-electron chi connectivity index (χ3n) is 3.18. The number of methoxy groups -OCH3 is 2. The Morgan fingerprint density at radius 3 is 2.14 bits per heavy atom. The van der Waals surface area contributed by atoms with Crippen molar-refractivity contribution in [1.82, 2.24) is 4.98 Å². The maximum absolute atomic E-state index is 12.1. The van der Waals surface area contributed by atoms with Crippen molar-refractivity contribution in [2.75, 3.05) is 14.2 Å². The van der Waals surface area contributed by atoms with Gasteiger partial charge in [-0.25, -0.2) is 9.59 Å². The topological polar surface area (TPSA) is 85.5 Å². The molecule has 1 aromatic heterocycles. The zero-order chi connectivity index (χ0) is 16.3. The van der Waals surface area contributed by atoms with Crippen LogP contribution in [-0.4, -0.2) is 31.1 Å². The van der Waals surface area contributed by atoms with Gasteiger partial charge in [-0.2, -0.15) is 0 Å². The first-order valence-corrected chi connectivity index (χ1v) is 6.49. The van der Waals surface area contributed by atoms with Gasteiger partial charge in [-0.15, -0.1) is 0 Å². The summed E-state index contributed by atoms with van der Waals surface area (Å²) < 4.78 is 9.37. The Hall–Kier alpha value is -2.89. The molecule has 0 radical (unpaired) electrons. The Kier molecular flexibility index (Phi) is 4.41. The lowest BCUT2D eigenvalue weighted by atomic mass is 10.00. The van der Waals surface area contributed by atoms with Gasteiger partial charge in [-0.05, 0) is 12.5 Å². The molecule has 0 fully saturated rings. The maximum atomic E-state index is 12.1. The lowest BCUT2D eigenvalue weighted by molar-refractivity contribution is 0.0555. The van der Waals surface area contributed by atoms with Crippen LogP contribution in [0, 0.1) is 6.92 Å². The molecule has 6 nitrogen and oxygen atoms in total. The summed E-state index contributed by atoms with van der Waals surface area (Å²) in [6.07, 6.45) is 0. The average molecular weight is 301 g/mol. The summed E-state index contributed by atoms with van der Waals surface area (Å²) in [6, 6.07) is 8.18. The third-order valence-corrected chi connectivity index (χ3v) is 3.18. The number of hydrogen-bond donors (Lipinski definition) is 1. The third kappa shape index (κ3) is 2.90. The van der Waals surface area contributed by atoms with Crippen LogP contribution in [0.25, 0.3) is 11.3 Å². The Morgan fingerprint density at radius 1 is 1.00 bits per heavy atom. The fourth-order valence-corrected chi connectivity index (χ4v) is 2.08. The predicted octanol–water partition coefficient (Wildman–Crippen LogP) is 1.92. The van der Waals surface area contributed by atoms with Crippen molar-refractivity contribution in [3.8, 4) is 11.3 Å². The summed E-state index contributed by atoms with van der Waals surface area (Å²) in [5.41, 5.74) is 1.17. The van der Waals surface area contributed by atoms with Gasteiger partial charge in [0.2, 0.25) is 5.56 Å². The summed E-state index contributed by atoms with van der Waals surface area (Å²) in [4.78, 5) is 38.3. The molecular formula is C16H15NO5. The second-order valence-corrected chi connectivity index (χ2v) is 4.65. The van der Waals surface area contributed by atoms with Crippen LogP contribution in [0.1, 0.15) is 26.3 Å². The molecule has 6 heteroatoms. The van der Waals surface area contributed by atoms with Crippen LogP contribution >= 0.6 is 0 Å². The van der Waals surface area contributed by atoms with Crippen LogP contribution in [0.4, 0.5) is 0 Å². The van der Waals surface area contributed by atoms with Crippen molar-refractivity contribution >= 4 is 11.9 Å². The molecule has 1 N–H and O–H groups in total. The number of H-pyrrole nitrogens is 1. The molecule has 1 aromatic carbocycles. The maximum Gasteiger partial charge on any atom is 0.340 e. The van der Waals surface area contributed by atoms with Crippen molar-refractivity contribution in [1.29, 1.82) is 0 Å². The number of carbonyl (C=O) groups is 2. The van der Waals surface area contributed by atoms with E-state index in [0.29, 0.717) is 5.56 Å². The number of rotatable bonds is 3. The number of nitrogens with one attached hydrogen (secondary N) is 1. The molecule has 0 aliphatic heterocycles. The number of benzene rings is 1. The van der Waals surface area contributed by atoms with Crippen molar-refractivity contribution in [2.45, 2.75) is 6.92 Å². The Morgan fingerprint density at radius 2 is 1.59 bits per heavy atom. The summed E-state index contributed by atoms with van der Waals surface area (Å²) in [5.74, 6) is -1.51. The van der Waals surface area contributed by atoms with Gasteiger partial charge >= 0.3 is 11.9 Å². The van der Waals surface area contributed by atoms with E-state index in [1.165, 1.54) is 14.2 Å². The number of aryl methyl sites for hydroxylation is 1. The minimum absolute atomic E-state index is 0.0298. The number of pyridine rings is 1. The molecule has 2 aromatic rings. The zero-order valence-corrected chi connectivity index (χ0v) is 12.4. The van der Waals surface area contributed by atoms with Gasteiger partial charge in [-0.3, -0.25) is 4.79 Å². The van der Waals surface area contributed by atoms with Gasteiger partial charge in [-0.1, -0.05) is 29.8 Å². The predicted molar refractivity (Wildman–Crippen MR) is 79.9 cm³/mol. The van der Waals surface area contributed by atoms with Gasteiger partial charge in [0.15, 0.2) is 0 Å². The van der Waals surface area contributed by atoms with Crippen molar-refractivity contribution in [2.24, 2.45) is 0 Å². The van der Waals surface area contributed by atoms with Crippen molar-refractivity contribution < 1.29 is 19.1 Å². The van der Waals surface area contributed by atoms with E-state index < -0.39 is 17.5 Å². The van der Waals surface area contributed by atoms with E-state index in [9.17, 15) is 14.4 Å². The van der Waals surface area contributed by atoms with Crippen LogP contribution in [0.2, 0.25) is 0 Å². The van der Waals surface area contributed by atoms with Crippen LogP contribution in [-0.2, 0) is 9.47 Å². The normalized spacial score (nSPS) is 10.1. The summed E-state index contributed by atoms with van der Waals surface area (Å²) in [6.45, 7) is 1.92. The molecule has 0 bridgehead atoms. The number of ether oxygens (including phenoxy) is 2. The Bertz CT molecular complexity index is 774. The second-order valence-electron chi connectivity index (χ2n) is 4.65. The van der Waals surface area contributed by atoms with Gasteiger partial charge in [0, 0.05) is 6.07 Å². The molecule has 2 rings (SSSR count). The van der Waals surface area contributed by atoms with Gasteiger partial charge in [0.1, 0.15) is 0 Å². The SMILES string of the molecule is COC(=O)c1cc(=O)[nH]c(-c2ccc(C)cc2)c1C(=O)OC. The summed E-state index contributed by atoms with van der Waals surface area (Å²) in [7, 11) is 2.38. The average Bonchev–Trinajstić information content (AvgIpc) is 2.53. The Balaban J connectivity index is 2.79. The van der Waals surface area contributed by atoms with Gasteiger partial charge in [0.05, 0.1) is 31.0 Å². The first kappa shape index (κ1) is 15.5. The van der Waals surface area contributed by atoms with Crippen molar-refractivity contribution in [3.63, 3.8) is 0 Å². The molecule has 0 unspecified atom stereocenters. The molecular weight excluding hydrogens is 286 g/mol. The number of carbonyl (C=O) groups excluding carboxylic acids is 2. The van der Waals surface area contributed by atoms with E-state index in [4.69, 9.17) is 4.74 Å². The lowest BCUT2D eigenvalue weighted by Crippen LogP contribution is -2.20. The molecule has 114 valence electrons. The van der Waals surface area contributed by atoms with Crippen LogP contribution < -0.4 is 5.56 Å². The number of esters is 2. The number of hydrogen-bond acceptors (Lipinski definition) is 5. The molecule has 1 heterocycles. The van der Waals surface area contributed by atoms with Crippen molar-refractivity contribution in [3.05, 3.63) is 57.4 Å². The number of aromatic nitrogens is 1. The first-order valence-electron chi connectivity index (χ1n) is 6.49. The van der Waals surface area contributed by atoms with Gasteiger partial charge in [0.25, 0.3) is 0 Å². The highest BCUT2D eigenvalue weighted by Gasteiger charge is 2.24. The lowest BCUT2D eigenvalue weighted by Gasteiger charge is -2.12. The standard InChI is InChI=1S/C16H15NO5/c1-9-4-6-10(7-5-9)14-13(16(20)22-3)11(15(19)21-2)8-12(18)17-14/h4-8H,1-3H3,(H,17,18). The van der Waals surface area contributed by atoms with E-state index in [-0.39, 0.29) is 16.8 Å². The Labute approximate surface area is 126 Å². The summed E-state index contributed by atoms with van der Waals surface area (Å²) in [5, 5.41) is 0. The molecule has 0 saturated heterocycles. The van der Waals surface area contributed by atoms with Crippen LogP contribution in [0.15, 0.2) is 35.1 Å². The summed E-state index contributed by atoms with van der Waals surface area (Å²) >= 11 is 0. The second kappa shape index (κ2) is 6.26. The quantitative estimate of drug-likeness (QED) is 0.875. The minimum atomic E-state index is -0.778. The molecule has 22 heavy (non-hydrogen) atoms. The smallest absolute Gasteiger partial charge is 0.340 e. The highest BCUT2D eigenvalue weighted by molar-refractivity contribution is 6.07. The number of aromatic amines is 1. The molecule has 0 spiro atoms. The first-order chi connectivity index (χ1) is 10.5. The zero-order valence-electron chi connectivity index (χ0n) is 12.4.